The molecule has 0 spiro atoms. The van der Waals surface area contributed by atoms with Gasteiger partial charge >= 0.3 is 0 Å². The van der Waals surface area contributed by atoms with Crippen LogP contribution in [0.15, 0.2) is 30.5 Å². The average Bonchev–Trinajstić information content (AvgIpc) is 2.35. The van der Waals surface area contributed by atoms with Gasteiger partial charge in [-0.1, -0.05) is 40.9 Å². The molecule has 18 heavy (non-hydrogen) atoms. The summed E-state index contributed by atoms with van der Waals surface area (Å²) < 4.78 is 5.53. The molecule has 0 radical (unpaired) electrons. The van der Waals surface area contributed by atoms with Gasteiger partial charge in [-0.2, -0.15) is 5.26 Å². The monoisotopic (exact) mass is 298 g/mol. The zero-order valence-corrected chi connectivity index (χ0v) is 11.1. The topological polar surface area (TPSA) is 45.9 Å². The van der Waals surface area contributed by atoms with Crippen LogP contribution in [0.3, 0.4) is 0 Å². The third-order valence-electron chi connectivity index (χ3n) is 2.11. The van der Waals surface area contributed by atoms with Crippen LogP contribution in [0.1, 0.15) is 5.56 Å². The molecule has 2 aromatic rings. The van der Waals surface area contributed by atoms with Crippen molar-refractivity contribution in [2.24, 2.45) is 0 Å². The molecule has 1 aromatic heterocycles. The molecule has 0 aliphatic rings. The molecular formula is C12H5Cl3N2O. The minimum Gasteiger partial charge on any atom is -0.454 e. The number of aromatic nitrogens is 1. The zero-order chi connectivity index (χ0) is 13.1. The van der Waals surface area contributed by atoms with Gasteiger partial charge in [0.25, 0.3) is 0 Å². The van der Waals surface area contributed by atoms with E-state index in [1.54, 1.807) is 18.2 Å². The first-order valence-electron chi connectivity index (χ1n) is 4.80. The molecule has 2 rings (SSSR count). The fourth-order valence-corrected chi connectivity index (χ4v) is 1.81. The van der Waals surface area contributed by atoms with Crippen LogP contribution in [0, 0.1) is 11.3 Å². The van der Waals surface area contributed by atoms with Gasteiger partial charge < -0.3 is 4.74 Å². The van der Waals surface area contributed by atoms with Crippen molar-refractivity contribution in [2.45, 2.75) is 0 Å². The molecule has 6 heteroatoms. The van der Waals surface area contributed by atoms with Crippen molar-refractivity contribution in [1.82, 2.24) is 4.98 Å². The van der Waals surface area contributed by atoms with Crippen LogP contribution in [-0.4, -0.2) is 4.98 Å². The molecule has 0 fully saturated rings. The molecule has 0 N–H and O–H groups in total. The van der Waals surface area contributed by atoms with E-state index in [0.717, 1.165) is 0 Å². The lowest BCUT2D eigenvalue weighted by Gasteiger charge is -2.09. The first-order valence-corrected chi connectivity index (χ1v) is 5.93. The molecule has 0 unspecified atom stereocenters. The van der Waals surface area contributed by atoms with Crippen LogP contribution in [0.25, 0.3) is 0 Å². The quantitative estimate of drug-likeness (QED) is 0.755. The Morgan fingerprint density at radius 1 is 1.11 bits per heavy atom. The molecule has 0 bridgehead atoms. The number of nitriles is 1. The van der Waals surface area contributed by atoms with Crippen molar-refractivity contribution >= 4 is 34.8 Å². The maximum absolute atomic E-state index is 8.99. The van der Waals surface area contributed by atoms with Crippen LogP contribution in [0.4, 0.5) is 0 Å². The van der Waals surface area contributed by atoms with Crippen molar-refractivity contribution in [3.8, 4) is 17.6 Å². The maximum Gasteiger partial charge on any atom is 0.150 e. The molecule has 1 heterocycles. The summed E-state index contributed by atoms with van der Waals surface area (Å²) in [4.78, 5) is 3.80. The van der Waals surface area contributed by atoms with Crippen molar-refractivity contribution in [3.05, 3.63) is 51.2 Å². The van der Waals surface area contributed by atoms with E-state index >= 15 is 0 Å². The van der Waals surface area contributed by atoms with Crippen molar-refractivity contribution in [1.29, 1.82) is 5.26 Å². The average molecular weight is 300 g/mol. The highest BCUT2D eigenvalue weighted by Crippen LogP contribution is 2.36. The Morgan fingerprint density at radius 3 is 2.61 bits per heavy atom. The summed E-state index contributed by atoms with van der Waals surface area (Å²) in [5.74, 6) is 0.629. The first-order chi connectivity index (χ1) is 8.63. The number of hydrogen-bond acceptors (Lipinski definition) is 3. The summed E-state index contributed by atoms with van der Waals surface area (Å²) >= 11 is 17.7. The van der Waals surface area contributed by atoms with Crippen molar-refractivity contribution < 1.29 is 4.74 Å². The highest BCUT2D eigenvalue weighted by atomic mass is 35.5. The summed E-state index contributed by atoms with van der Waals surface area (Å²) in [5, 5.41) is 9.71. The molecular weight excluding hydrogens is 295 g/mol. The largest absolute Gasteiger partial charge is 0.454 e. The van der Waals surface area contributed by atoms with Gasteiger partial charge in [-0.15, -0.1) is 0 Å². The van der Waals surface area contributed by atoms with Gasteiger partial charge in [0.1, 0.15) is 28.2 Å². The summed E-state index contributed by atoms with van der Waals surface area (Å²) in [5.41, 5.74) is 0.148. The predicted octanol–water partition coefficient (Wildman–Crippen LogP) is 4.71. The molecule has 90 valence electrons. The van der Waals surface area contributed by atoms with Gasteiger partial charge in [0.2, 0.25) is 0 Å². The van der Waals surface area contributed by atoms with Gasteiger partial charge in [-0.3, -0.25) is 0 Å². The van der Waals surface area contributed by atoms with E-state index in [2.05, 4.69) is 4.98 Å². The molecule has 0 aliphatic heterocycles. The standard InChI is InChI=1S/C12H5Cl3N2O/c13-8-2-1-3-10(11(8)14)18-9-4-5-17-12(15)7(9)6-16/h1-5H. The Kier molecular flexibility index (Phi) is 3.93. The first kappa shape index (κ1) is 13.0. The molecule has 0 saturated heterocycles. The van der Waals surface area contributed by atoms with E-state index in [1.165, 1.54) is 12.3 Å². The lowest BCUT2D eigenvalue weighted by molar-refractivity contribution is 0.480. The molecule has 0 atom stereocenters. The van der Waals surface area contributed by atoms with Crippen LogP contribution >= 0.6 is 34.8 Å². The van der Waals surface area contributed by atoms with E-state index < -0.39 is 0 Å². The molecule has 3 nitrogen and oxygen atoms in total. The maximum atomic E-state index is 8.99. The van der Waals surface area contributed by atoms with Gasteiger partial charge in [-0.25, -0.2) is 4.98 Å². The number of nitrogens with zero attached hydrogens (tertiary/aromatic N) is 2. The van der Waals surface area contributed by atoms with Crippen molar-refractivity contribution in [2.75, 3.05) is 0 Å². The summed E-state index contributed by atoms with van der Waals surface area (Å²) in [7, 11) is 0. The van der Waals surface area contributed by atoms with E-state index in [0.29, 0.717) is 10.8 Å². The molecule has 0 aliphatic carbocycles. The number of rotatable bonds is 2. The number of halogens is 3. The Morgan fingerprint density at radius 2 is 1.89 bits per heavy atom. The summed E-state index contributed by atoms with van der Waals surface area (Å²) in [6.07, 6.45) is 1.44. The van der Waals surface area contributed by atoms with Crippen LogP contribution in [0.2, 0.25) is 15.2 Å². The predicted molar refractivity (Wildman–Crippen MR) is 70.5 cm³/mol. The highest BCUT2D eigenvalue weighted by Gasteiger charge is 2.12. The minimum absolute atomic E-state index is 0.0770. The third-order valence-corrected chi connectivity index (χ3v) is 3.20. The third kappa shape index (κ3) is 2.51. The fraction of sp³-hybridized carbons (Fsp3) is 0. The smallest absolute Gasteiger partial charge is 0.150 e. The van der Waals surface area contributed by atoms with E-state index in [-0.39, 0.29) is 21.5 Å². The second kappa shape index (κ2) is 5.45. The highest BCUT2D eigenvalue weighted by molar-refractivity contribution is 6.42. The van der Waals surface area contributed by atoms with E-state index in [4.69, 9.17) is 44.8 Å². The Hall–Kier alpha value is -1.47. The lowest BCUT2D eigenvalue weighted by Crippen LogP contribution is -1.91. The fourth-order valence-electron chi connectivity index (χ4n) is 1.29. The second-order valence-electron chi connectivity index (χ2n) is 3.24. The van der Waals surface area contributed by atoms with Crippen molar-refractivity contribution in [3.63, 3.8) is 0 Å². The van der Waals surface area contributed by atoms with Gasteiger partial charge in [0.05, 0.1) is 5.02 Å². The number of hydrogen-bond donors (Lipinski definition) is 0. The van der Waals surface area contributed by atoms with Crippen LogP contribution in [-0.2, 0) is 0 Å². The van der Waals surface area contributed by atoms with Gasteiger partial charge in [0, 0.05) is 12.3 Å². The number of benzene rings is 1. The molecule has 0 amide bonds. The van der Waals surface area contributed by atoms with E-state index in [9.17, 15) is 0 Å². The Balaban J connectivity index is 2.44. The van der Waals surface area contributed by atoms with E-state index in [1.807, 2.05) is 6.07 Å². The number of ether oxygens (including phenoxy) is 1. The second-order valence-corrected chi connectivity index (χ2v) is 4.38. The van der Waals surface area contributed by atoms with Gasteiger partial charge in [0.15, 0.2) is 5.15 Å². The summed E-state index contributed by atoms with van der Waals surface area (Å²) in [6.45, 7) is 0. The Labute approximate surface area is 118 Å². The Bertz CT molecular complexity index is 638. The SMILES string of the molecule is N#Cc1c(Oc2cccc(Cl)c2Cl)ccnc1Cl. The minimum atomic E-state index is 0.0770. The van der Waals surface area contributed by atoms with Crippen LogP contribution < -0.4 is 4.74 Å². The van der Waals surface area contributed by atoms with Gasteiger partial charge in [-0.05, 0) is 12.1 Å². The van der Waals surface area contributed by atoms with Crippen LogP contribution in [0.5, 0.6) is 11.5 Å². The number of pyridine rings is 1. The molecule has 0 saturated carbocycles. The molecule has 1 aromatic carbocycles. The zero-order valence-electron chi connectivity index (χ0n) is 8.82. The normalized spacial score (nSPS) is 9.89. The lowest BCUT2D eigenvalue weighted by atomic mass is 10.3. The summed E-state index contributed by atoms with van der Waals surface area (Å²) in [6, 6.07) is 8.43.